The molecule has 0 unspecified atom stereocenters. The summed E-state index contributed by atoms with van der Waals surface area (Å²) in [7, 11) is 0. The van der Waals surface area contributed by atoms with Crippen LogP contribution >= 0.6 is 0 Å². The first kappa shape index (κ1) is 15.2. The third-order valence-corrected chi connectivity index (χ3v) is 4.33. The maximum absolute atomic E-state index is 13.0. The first-order chi connectivity index (χ1) is 11.1. The van der Waals surface area contributed by atoms with E-state index in [1.165, 1.54) is 0 Å². The average Bonchev–Trinajstić information content (AvgIpc) is 2.57. The Morgan fingerprint density at radius 2 is 1.78 bits per heavy atom. The third-order valence-electron chi connectivity index (χ3n) is 4.33. The van der Waals surface area contributed by atoms with Crippen LogP contribution in [-0.4, -0.2) is 11.7 Å². The summed E-state index contributed by atoms with van der Waals surface area (Å²) >= 11 is 0. The normalized spacial score (nSPS) is 20.0. The summed E-state index contributed by atoms with van der Waals surface area (Å²) in [4.78, 5) is 27.1. The van der Waals surface area contributed by atoms with Gasteiger partial charge in [0.1, 0.15) is 0 Å². The second-order valence-electron chi connectivity index (χ2n) is 5.76. The molecule has 1 aliphatic heterocycles. The smallest absolute Gasteiger partial charge is 0.224 e. The molecule has 3 nitrogen and oxygen atoms in total. The van der Waals surface area contributed by atoms with Gasteiger partial charge in [0.15, 0.2) is 5.78 Å². The Labute approximate surface area is 136 Å². The van der Waals surface area contributed by atoms with Gasteiger partial charge in [-0.05, 0) is 24.1 Å². The number of Topliss-reactive ketones (excluding diaryl/α,β-unsaturated/α-hetero) is 1. The van der Waals surface area contributed by atoms with Gasteiger partial charge in [-0.25, -0.2) is 0 Å². The number of fused-ring (bicyclic) bond motifs is 1. The number of rotatable bonds is 3. The zero-order valence-electron chi connectivity index (χ0n) is 13.1. The molecule has 0 radical (unpaired) electrons. The summed E-state index contributed by atoms with van der Waals surface area (Å²) in [6.45, 7) is 5.34. The van der Waals surface area contributed by atoms with E-state index in [0.717, 1.165) is 5.56 Å². The lowest BCUT2D eigenvalue weighted by molar-refractivity contribution is -0.117. The van der Waals surface area contributed by atoms with E-state index in [1.807, 2.05) is 48.5 Å². The highest BCUT2D eigenvalue weighted by Crippen LogP contribution is 2.43. The van der Waals surface area contributed by atoms with Crippen molar-refractivity contribution in [3.8, 4) is 0 Å². The van der Waals surface area contributed by atoms with Crippen LogP contribution in [0.5, 0.6) is 0 Å². The van der Waals surface area contributed by atoms with Crippen LogP contribution in [0.4, 0.5) is 5.69 Å². The van der Waals surface area contributed by atoms with Gasteiger partial charge in [0.05, 0.1) is 17.6 Å². The number of hydrogen-bond acceptors (Lipinski definition) is 2. The molecule has 0 saturated carbocycles. The zero-order valence-corrected chi connectivity index (χ0v) is 13.1. The van der Waals surface area contributed by atoms with Crippen molar-refractivity contribution in [2.75, 3.05) is 4.90 Å². The lowest BCUT2D eigenvalue weighted by atomic mass is 9.79. The Morgan fingerprint density at radius 3 is 2.43 bits per heavy atom. The van der Waals surface area contributed by atoms with E-state index < -0.39 is 0 Å². The number of para-hydroxylation sites is 1. The molecule has 3 rings (SSSR count). The van der Waals surface area contributed by atoms with E-state index in [0.29, 0.717) is 17.7 Å². The molecule has 1 amide bonds. The summed E-state index contributed by atoms with van der Waals surface area (Å²) in [5.41, 5.74) is 2.28. The molecule has 0 saturated heterocycles. The fourth-order valence-electron chi connectivity index (χ4n) is 3.38. The van der Waals surface area contributed by atoms with Crippen LogP contribution in [0, 0.1) is 5.92 Å². The summed E-state index contributed by atoms with van der Waals surface area (Å²) in [6.07, 6.45) is 2.29. The summed E-state index contributed by atoms with van der Waals surface area (Å²) < 4.78 is 0. The van der Waals surface area contributed by atoms with Gasteiger partial charge in [-0.3, -0.25) is 9.59 Å². The molecule has 0 aliphatic carbocycles. The highest BCUT2D eigenvalue weighted by molar-refractivity contribution is 6.10. The summed E-state index contributed by atoms with van der Waals surface area (Å²) in [6, 6.07) is 16.8. The van der Waals surface area contributed by atoms with Crippen molar-refractivity contribution in [2.45, 2.75) is 19.4 Å². The molecule has 0 fully saturated rings. The Kier molecular flexibility index (Phi) is 4.11. The number of benzene rings is 2. The van der Waals surface area contributed by atoms with Gasteiger partial charge in [-0.1, -0.05) is 48.5 Å². The monoisotopic (exact) mass is 305 g/mol. The van der Waals surface area contributed by atoms with Crippen LogP contribution in [0.3, 0.4) is 0 Å². The van der Waals surface area contributed by atoms with Crippen LogP contribution in [0.2, 0.25) is 0 Å². The Morgan fingerprint density at radius 1 is 1.13 bits per heavy atom. The predicted molar refractivity (Wildman–Crippen MR) is 91.4 cm³/mol. The van der Waals surface area contributed by atoms with Crippen molar-refractivity contribution in [3.63, 3.8) is 0 Å². The van der Waals surface area contributed by atoms with Gasteiger partial charge in [0.2, 0.25) is 5.91 Å². The minimum atomic E-state index is -0.311. The minimum Gasteiger partial charge on any atom is -0.304 e. The van der Waals surface area contributed by atoms with Crippen molar-refractivity contribution in [1.29, 1.82) is 0 Å². The number of amides is 1. The molecule has 0 aromatic heterocycles. The fraction of sp³-hybridized carbons (Fsp3) is 0.200. The maximum atomic E-state index is 13.0. The number of ketones is 1. The third kappa shape index (κ3) is 2.59. The molecule has 2 atom stereocenters. The molecule has 1 aliphatic rings. The fourth-order valence-corrected chi connectivity index (χ4v) is 3.38. The molecule has 0 N–H and O–H groups in total. The molecule has 0 bridgehead atoms. The average molecular weight is 305 g/mol. The van der Waals surface area contributed by atoms with Crippen LogP contribution in [0.1, 0.15) is 35.3 Å². The van der Waals surface area contributed by atoms with E-state index in [-0.39, 0.29) is 23.7 Å². The Hall–Kier alpha value is -2.68. The van der Waals surface area contributed by atoms with Crippen LogP contribution in [0.25, 0.3) is 0 Å². The maximum Gasteiger partial charge on any atom is 0.224 e. The number of hydrogen-bond donors (Lipinski definition) is 0. The largest absolute Gasteiger partial charge is 0.304 e. The summed E-state index contributed by atoms with van der Waals surface area (Å²) in [5, 5.41) is 0. The number of carbonyl (C=O) groups is 2. The SMILES string of the molecule is C=CC[C@@H]1C(=O)c2ccccc2N(C(C)=O)[C@H]1c1ccccc1. The zero-order chi connectivity index (χ0) is 16.4. The number of nitrogens with zero attached hydrogens (tertiary/aromatic N) is 1. The summed E-state index contributed by atoms with van der Waals surface area (Å²) in [5.74, 6) is -0.298. The van der Waals surface area contributed by atoms with Gasteiger partial charge < -0.3 is 4.90 Å². The Bertz CT molecular complexity index is 751. The molecule has 1 heterocycles. The molecule has 0 spiro atoms. The number of allylic oxidation sites excluding steroid dienone is 1. The van der Waals surface area contributed by atoms with Gasteiger partial charge in [-0.15, -0.1) is 6.58 Å². The van der Waals surface area contributed by atoms with E-state index in [4.69, 9.17) is 0 Å². The van der Waals surface area contributed by atoms with Crippen molar-refractivity contribution in [1.82, 2.24) is 0 Å². The van der Waals surface area contributed by atoms with Gasteiger partial charge >= 0.3 is 0 Å². The van der Waals surface area contributed by atoms with Crippen molar-refractivity contribution in [2.24, 2.45) is 5.92 Å². The Balaban J connectivity index is 2.22. The first-order valence-corrected chi connectivity index (χ1v) is 7.74. The van der Waals surface area contributed by atoms with Gasteiger partial charge in [-0.2, -0.15) is 0 Å². The minimum absolute atomic E-state index is 0.0622. The lowest BCUT2D eigenvalue weighted by Gasteiger charge is -2.41. The molecule has 116 valence electrons. The second-order valence-corrected chi connectivity index (χ2v) is 5.76. The molecular formula is C20H19NO2. The highest BCUT2D eigenvalue weighted by atomic mass is 16.2. The van der Waals surface area contributed by atoms with Crippen LogP contribution < -0.4 is 4.90 Å². The second kappa shape index (κ2) is 6.21. The molecule has 23 heavy (non-hydrogen) atoms. The van der Waals surface area contributed by atoms with Gasteiger partial charge in [0, 0.05) is 12.5 Å². The first-order valence-electron chi connectivity index (χ1n) is 7.74. The van der Waals surface area contributed by atoms with E-state index in [9.17, 15) is 9.59 Å². The molecule has 3 heteroatoms. The van der Waals surface area contributed by atoms with E-state index >= 15 is 0 Å². The standard InChI is InChI=1S/C20H19NO2/c1-3-9-17-19(15-10-5-4-6-11-15)21(14(2)22)18-13-8-7-12-16(18)20(17)23/h3-8,10-13,17,19H,1,9H2,2H3/t17-,19-/m0/s1. The molecule has 2 aromatic rings. The van der Waals surface area contributed by atoms with Gasteiger partial charge in [0.25, 0.3) is 0 Å². The lowest BCUT2D eigenvalue weighted by Crippen LogP contribution is -2.44. The van der Waals surface area contributed by atoms with Crippen molar-refractivity contribution in [3.05, 3.63) is 78.4 Å². The quantitative estimate of drug-likeness (QED) is 0.798. The number of carbonyl (C=O) groups excluding carboxylic acids is 2. The molecule has 2 aromatic carbocycles. The van der Waals surface area contributed by atoms with Crippen LogP contribution in [0.15, 0.2) is 67.3 Å². The van der Waals surface area contributed by atoms with Crippen molar-refractivity contribution < 1.29 is 9.59 Å². The van der Waals surface area contributed by atoms with Crippen molar-refractivity contribution >= 4 is 17.4 Å². The van der Waals surface area contributed by atoms with E-state index in [1.54, 1.807) is 24.0 Å². The topological polar surface area (TPSA) is 37.4 Å². The molecular weight excluding hydrogens is 286 g/mol. The highest BCUT2D eigenvalue weighted by Gasteiger charge is 2.41. The number of anilines is 1. The van der Waals surface area contributed by atoms with E-state index in [2.05, 4.69) is 6.58 Å². The van der Waals surface area contributed by atoms with Crippen LogP contribution in [-0.2, 0) is 4.79 Å². The predicted octanol–water partition coefficient (Wildman–Crippen LogP) is 4.17.